The Morgan fingerprint density at radius 1 is 0.837 bits per heavy atom. The van der Waals surface area contributed by atoms with Crippen LogP contribution in [0.3, 0.4) is 0 Å². The lowest BCUT2D eigenvalue weighted by molar-refractivity contribution is -0.363. The summed E-state index contributed by atoms with van der Waals surface area (Å²) in [6.45, 7) is 9.84. The van der Waals surface area contributed by atoms with Crippen molar-refractivity contribution in [3.05, 3.63) is 34.4 Å². The van der Waals surface area contributed by atoms with Gasteiger partial charge in [-0.05, 0) is 34.7 Å². The van der Waals surface area contributed by atoms with Gasteiger partial charge in [-0.25, -0.2) is 9.78 Å². The maximum atomic E-state index is 12.8. The molecule has 0 fully saturated rings. The van der Waals surface area contributed by atoms with E-state index in [1.54, 1.807) is 25.1 Å². The van der Waals surface area contributed by atoms with Crippen LogP contribution in [0.4, 0.5) is 21.5 Å². The highest BCUT2D eigenvalue weighted by Gasteiger charge is 2.21. The van der Waals surface area contributed by atoms with Crippen LogP contribution in [0.2, 0.25) is 0 Å². The van der Waals surface area contributed by atoms with Crippen molar-refractivity contribution in [2.75, 3.05) is 108 Å². The van der Waals surface area contributed by atoms with E-state index in [0.29, 0.717) is 115 Å². The molecular formula is C27H43N6O9S+. The molecule has 0 atom stereocenters. The Labute approximate surface area is 255 Å². The van der Waals surface area contributed by atoms with Gasteiger partial charge in [0, 0.05) is 32.6 Å². The summed E-state index contributed by atoms with van der Waals surface area (Å²) in [6, 6.07) is 5.00. The van der Waals surface area contributed by atoms with Crippen molar-refractivity contribution >= 4 is 44.7 Å². The second-order valence-electron chi connectivity index (χ2n) is 8.86. The second-order valence-corrected chi connectivity index (χ2v) is 9.86. The number of nitrogens with one attached hydrogen (secondary N) is 4. The average molecular weight is 628 g/mol. The van der Waals surface area contributed by atoms with Crippen LogP contribution in [0.15, 0.2) is 23.4 Å². The van der Waals surface area contributed by atoms with Gasteiger partial charge >= 0.3 is 11.0 Å². The van der Waals surface area contributed by atoms with Crippen LogP contribution in [-0.4, -0.2) is 104 Å². The summed E-state index contributed by atoms with van der Waals surface area (Å²) in [6.07, 6.45) is 0. The highest BCUT2D eigenvalue weighted by molar-refractivity contribution is 7.19. The maximum absolute atomic E-state index is 12.8. The first-order valence-corrected chi connectivity index (χ1v) is 14.8. The van der Waals surface area contributed by atoms with Crippen molar-refractivity contribution in [1.82, 2.24) is 0 Å². The van der Waals surface area contributed by atoms with E-state index in [4.69, 9.17) is 34.2 Å². The van der Waals surface area contributed by atoms with E-state index in [2.05, 4.69) is 26.1 Å². The molecule has 0 aliphatic carbocycles. The molecule has 0 saturated heterocycles. The van der Waals surface area contributed by atoms with Gasteiger partial charge in [0.25, 0.3) is 0 Å². The number of anilines is 3. The average Bonchev–Trinajstić information content (AvgIpc) is 3.34. The van der Waals surface area contributed by atoms with Gasteiger partial charge in [0.05, 0.1) is 90.5 Å². The molecule has 16 heteroatoms. The van der Waals surface area contributed by atoms with Crippen molar-refractivity contribution in [2.45, 2.75) is 13.8 Å². The first-order valence-electron chi connectivity index (χ1n) is 13.9. The van der Waals surface area contributed by atoms with Crippen molar-refractivity contribution in [3.8, 4) is 0 Å². The molecule has 0 aliphatic rings. The molecule has 1 aromatic carbocycles. The van der Waals surface area contributed by atoms with E-state index < -0.39 is 5.91 Å². The number of amides is 2. The maximum Gasteiger partial charge on any atom is 0.341 e. The number of benzene rings is 1. The molecule has 43 heavy (non-hydrogen) atoms. The summed E-state index contributed by atoms with van der Waals surface area (Å²) in [4.78, 5) is 38.3. The molecule has 240 valence electrons. The van der Waals surface area contributed by atoms with Crippen LogP contribution in [-0.2, 0) is 33.2 Å². The summed E-state index contributed by atoms with van der Waals surface area (Å²) in [7, 11) is 0. The zero-order valence-corrected chi connectivity index (χ0v) is 25.6. The predicted molar refractivity (Wildman–Crippen MR) is 162 cm³/mol. The largest absolute Gasteiger partial charge is 0.383 e. The molecule has 0 aliphatic heterocycles. The lowest BCUT2D eigenvalue weighted by Gasteiger charge is -2.12. The lowest BCUT2D eigenvalue weighted by Crippen LogP contribution is -2.20. The Morgan fingerprint density at radius 3 is 1.86 bits per heavy atom. The van der Waals surface area contributed by atoms with Gasteiger partial charge in [-0.2, -0.15) is 5.32 Å². The number of aromatic nitrogens is 1. The fourth-order valence-corrected chi connectivity index (χ4v) is 4.22. The summed E-state index contributed by atoms with van der Waals surface area (Å²) in [5, 5.41) is 12.1. The Kier molecular flexibility index (Phi) is 18.8. The van der Waals surface area contributed by atoms with Crippen LogP contribution in [0.5, 0.6) is 0 Å². The molecular weight excluding hydrogens is 584 g/mol. The van der Waals surface area contributed by atoms with Gasteiger partial charge in [-0.1, -0.05) is 0 Å². The number of aromatic amines is 1. The molecule has 0 unspecified atom stereocenters. The van der Waals surface area contributed by atoms with Crippen molar-refractivity contribution in [2.24, 2.45) is 10.9 Å². The van der Waals surface area contributed by atoms with Crippen LogP contribution in [0.25, 0.3) is 0 Å². The first-order chi connectivity index (χ1) is 20.9. The van der Waals surface area contributed by atoms with Gasteiger partial charge in [0.15, 0.2) is 0 Å². The number of nitroso groups, excluding NO2 is 1. The van der Waals surface area contributed by atoms with Crippen LogP contribution >= 0.6 is 11.3 Å². The van der Waals surface area contributed by atoms with Gasteiger partial charge in [-0.3, -0.25) is 4.79 Å². The molecule has 0 saturated carbocycles. The van der Waals surface area contributed by atoms with Crippen LogP contribution in [0.1, 0.15) is 23.0 Å². The standard InChI is InChI=1S/C27H42N6O9S/c1-20-26(33-36)43-27(30-20)32-25(35)23-4-3-22(19-24(23)31-21(2)34)29-6-8-38-10-12-40-14-16-42-18-17-41-15-13-39-11-9-37-7-5-28/h3-4,19,29H,5-18,28H2,1-2H3,(H,31,34)(H,30,32,35)/p+1. The molecule has 6 N–H and O–H groups in total. The molecule has 0 radical (unpaired) electrons. The minimum Gasteiger partial charge on any atom is -0.383 e. The Balaban J connectivity index is 1.53. The predicted octanol–water partition coefficient (Wildman–Crippen LogP) is 1.95. The normalized spacial score (nSPS) is 11.0. The molecule has 1 aromatic heterocycles. The molecule has 2 rings (SSSR count). The van der Waals surface area contributed by atoms with Crippen molar-refractivity contribution < 1.29 is 43.0 Å². The van der Waals surface area contributed by atoms with Crippen LogP contribution in [0, 0.1) is 11.8 Å². The summed E-state index contributed by atoms with van der Waals surface area (Å²) in [5.41, 5.74) is 7.18. The number of nitrogens with two attached hydrogens (primary N) is 1. The minimum absolute atomic E-state index is 0.247. The van der Waals surface area contributed by atoms with Gasteiger partial charge in [-0.15, -0.1) is 4.91 Å². The van der Waals surface area contributed by atoms with E-state index in [0.717, 1.165) is 11.3 Å². The monoisotopic (exact) mass is 627 g/mol. The molecule has 2 amide bonds. The highest BCUT2D eigenvalue weighted by Crippen LogP contribution is 2.28. The summed E-state index contributed by atoms with van der Waals surface area (Å²) >= 11 is 1.03. The first kappa shape index (κ1) is 36.1. The number of rotatable bonds is 25. The number of nitrogens with zero attached hydrogens (tertiary/aromatic N) is 1. The molecule has 1 heterocycles. The lowest BCUT2D eigenvalue weighted by atomic mass is 10.1. The number of ether oxygens (including phenoxy) is 6. The van der Waals surface area contributed by atoms with E-state index in [1.165, 1.54) is 6.92 Å². The Bertz CT molecular complexity index is 1100. The number of carbonyl (C=O) groups is 2. The fourth-order valence-electron chi connectivity index (χ4n) is 3.43. The third-order valence-corrected chi connectivity index (χ3v) is 6.39. The Morgan fingerprint density at radius 2 is 1.37 bits per heavy atom. The SMILES string of the molecule is CC(=O)Nc1cc(NCCOCCOCCOCCOCCOCCOCCN)ccc1C(=O)Nc1[nH+]c(C)c(N=O)s1. The number of H-pyrrole nitrogens is 1. The van der Waals surface area contributed by atoms with E-state index in [-0.39, 0.29) is 16.5 Å². The van der Waals surface area contributed by atoms with Gasteiger partial charge < -0.3 is 44.8 Å². The van der Waals surface area contributed by atoms with Gasteiger partial charge in [0.2, 0.25) is 10.9 Å². The zero-order valence-electron chi connectivity index (χ0n) is 24.7. The van der Waals surface area contributed by atoms with E-state index in [1.807, 2.05) is 0 Å². The molecule has 2 aromatic rings. The number of aryl methyl sites for hydroxylation is 1. The molecule has 0 bridgehead atoms. The third kappa shape index (κ3) is 15.8. The van der Waals surface area contributed by atoms with Crippen molar-refractivity contribution in [1.29, 1.82) is 0 Å². The topological polar surface area (TPSA) is 195 Å². The molecule has 0 spiro atoms. The third-order valence-electron chi connectivity index (χ3n) is 5.40. The second kappa shape index (κ2) is 22.4. The summed E-state index contributed by atoms with van der Waals surface area (Å²) < 4.78 is 32.5. The Hall–Kier alpha value is -3.09. The smallest absolute Gasteiger partial charge is 0.341 e. The number of thiazole rings is 1. The number of hydrogen-bond donors (Lipinski definition) is 4. The van der Waals surface area contributed by atoms with Gasteiger partial charge in [0.1, 0.15) is 5.69 Å². The number of hydrogen-bond acceptors (Lipinski definition) is 13. The van der Waals surface area contributed by atoms with Crippen LogP contribution < -0.4 is 26.7 Å². The fraction of sp³-hybridized carbons (Fsp3) is 0.593. The quantitative estimate of drug-likeness (QED) is 0.0928. The summed E-state index contributed by atoms with van der Waals surface area (Å²) in [5.74, 6) is -0.768. The number of carbonyl (C=O) groups excluding carboxylic acids is 2. The van der Waals surface area contributed by atoms with E-state index in [9.17, 15) is 14.5 Å². The zero-order chi connectivity index (χ0) is 31.1. The highest BCUT2D eigenvalue weighted by atomic mass is 32.1. The minimum atomic E-state index is -0.450. The van der Waals surface area contributed by atoms with Crippen molar-refractivity contribution in [3.63, 3.8) is 0 Å². The van der Waals surface area contributed by atoms with E-state index >= 15 is 0 Å². The molecule has 15 nitrogen and oxygen atoms in total.